The largest absolute Gasteiger partial charge is 0.353 e. The molecule has 0 bridgehead atoms. The smallest absolute Gasteiger partial charge is 0.151 e. The molecule has 2 heterocycles. The predicted molar refractivity (Wildman–Crippen MR) is 87.4 cm³/mol. The molecule has 0 aromatic carbocycles. The molecule has 3 rings (SSSR count). The van der Waals surface area contributed by atoms with Gasteiger partial charge in [0.05, 0.1) is 5.69 Å². The Balaban J connectivity index is 1.57. The van der Waals surface area contributed by atoms with Crippen LogP contribution in [0.15, 0.2) is 18.2 Å². The van der Waals surface area contributed by atoms with Gasteiger partial charge in [-0.3, -0.25) is 0 Å². The first-order chi connectivity index (χ1) is 10.3. The maximum Gasteiger partial charge on any atom is 0.151 e. The minimum atomic E-state index is 0.748. The van der Waals surface area contributed by atoms with Crippen LogP contribution in [0.5, 0.6) is 0 Å². The molecule has 2 aliphatic rings. The lowest BCUT2D eigenvalue weighted by Crippen LogP contribution is -2.44. The number of hydrogen-bond donors (Lipinski definition) is 0. The molecule has 4 nitrogen and oxygen atoms in total. The van der Waals surface area contributed by atoms with Crippen LogP contribution in [0.4, 0.5) is 5.82 Å². The van der Waals surface area contributed by atoms with Crippen molar-refractivity contribution in [2.45, 2.75) is 32.1 Å². The van der Waals surface area contributed by atoms with Crippen LogP contribution in [0.3, 0.4) is 0 Å². The fraction of sp³-hybridized carbons (Fsp3) is 0.647. The number of hydrogen-bond acceptors (Lipinski definition) is 4. The molecule has 1 aliphatic heterocycles. The number of piperazine rings is 1. The van der Waals surface area contributed by atoms with Gasteiger partial charge in [-0.05, 0) is 44.0 Å². The number of nitrogens with zero attached hydrogens (tertiary/aromatic N) is 4. The Morgan fingerprint density at radius 1 is 1.00 bits per heavy atom. The van der Waals surface area contributed by atoms with Crippen LogP contribution in [0.1, 0.15) is 37.8 Å². The number of anilines is 1. The average molecular weight is 286 g/mol. The number of rotatable bonds is 3. The van der Waals surface area contributed by atoms with Crippen molar-refractivity contribution in [3.8, 4) is 0 Å². The Labute approximate surface area is 127 Å². The maximum atomic E-state index is 4.40. The molecule has 0 atom stereocenters. The van der Waals surface area contributed by atoms with Crippen LogP contribution in [0.25, 0.3) is 6.08 Å². The standard InChI is InChI=1S/C17H26N4/c1-20-11-13-21(14-12-20)17-10-9-16(18-19-17)8-7-15-5-3-2-4-6-15/h7-10,15H,2-6,11-14H2,1H3/b8-7+. The Bertz CT molecular complexity index is 454. The van der Waals surface area contributed by atoms with E-state index in [9.17, 15) is 0 Å². The third-order valence-corrected chi connectivity index (χ3v) is 4.69. The van der Waals surface area contributed by atoms with Gasteiger partial charge >= 0.3 is 0 Å². The van der Waals surface area contributed by atoms with Crippen LogP contribution in [-0.4, -0.2) is 48.3 Å². The third-order valence-electron chi connectivity index (χ3n) is 4.69. The Kier molecular flexibility index (Phi) is 4.86. The molecule has 1 aromatic rings. The second-order valence-corrected chi connectivity index (χ2v) is 6.36. The number of aromatic nitrogens is 2. The fourth-order valence-corrected chi connectivity index (χ4v) is 3.19. The molecule has 0 unspecified atom stereocenters. The molecule has 21 heavy (non-hydrogen) atoms. The molecule has 4 heteroatoms. The molecule has 0 radical (unpaired) electrons. The first kappa shape index (κ1) is 14.5. The van der Waals surface area contributed by atoms with Crippen molar-refractivity contribution in [1.82, 2.24) is 15.1 Å². The second-order valence-electron chi connectivity index (χ2n) is 6.36. The van der Waals surface area contributed by atoms with E-state index in [0.29, 0.717) is 0 Å². The molecular formula is C17H26N4. The minimum absolute atomic E-state index is 0.748. The van der Waals surface area contributed by atoms with E-state index in [4.69, 9.17) is 0 Å². The van der Waals surface area contributed by atoms with Crippen LogP contribution < -0.4 is 4.90 Å². The van der Waals surface area contributed by atoms with Crippen LogP contribution in [0, 0.1) is 5.92 Å². The van der Waals surface area contributed by atoms with Gasteiger partial charge in [-0.2, -0.15) is 0 Å². The van der Waals surface area contributed by atoms with Gasteiger partial charge in [-0.25, -0.2) is 0 Å². The van der Waals surface area contributed by atoms with Crippen molar-refractivity contribution in [2.75, 3.05) is 38.1 Å². The summed E-state index contributed by atoms with van der Waals surface area (Å²) in [7, 11) is 2.17. The SMILES string of the molecule is CN1CCN(c2ccc(/C=C/C3CCCCC3)nn2)CC1. The molecule has 1 aromatic heterocycles. The summed E-state index contributed by atoms with van der Waals surface area (Å²) in [6.07, 6.45) is 11.3. The molecule has 1 aliphatic carbocycles. The fourth-order valence-electron chi connectivity index (χ4n) is 3.19. The monoisotopic (exact) mass is 286 g/mol. The predicted octanol–water partition coefficient (Wildman–Crippen LogP) is 2.82. The summed E-state index contributed by atoms with van der Waals surface area (Å²) in [6, 6.07) is 4.21. The highest BCUT2D eigenvalue weighted by molar-refractivity contribution is 5.47. The lowest BCUT2D eigenvalue weighted by Gasteiger charge is -2.32. The highest BCUT2D eigenvalue weighted by Crippen LogP contribution is 2.25. The topological polar surface area (TPSA) is 32.3 Å². The normalized spacial score (nSPS) is 22.0. The van der Waals surface area contributed by atoms with E-state index >= 15 is 0 Å². The number of likely N-dealkylation sites (N-methyl/N-ethyl adjacent to an activating group) is 1. The van der Waals surface area contributed by atoms with Crippen molar-refractivity contribution in [1.29, 1.82) is 0 Å². The van der Waals surface area contributed by atoms with Gasteiger partial charge in [0, 0.05) is 26.2 Å². The van der Waals surface area contributed by atoms with E-state index in [-0.39, 0.29) is 0 Å². The van der Waals surface area contributed by atoms with Gasteiger partial charge in [0.15, 0.2) is 5.82 Å². The molecule has 0 amide bonds. The van der Waals surface area contributed by atoms with Gasteiger partial charge in [0.25, 0.3) is 0 Å². The first-order valence-electron chi connectivity index (χ1n) is 8.27. The van der Waals surface area contributed by atoms with Crippen molar-refractivity contribution in [3.05, 3.63) is 23.9 Å². The molecular weight excluding hydrogens is 260 g/mol. The molecule has 0 spiro atoms. The average Bonchev–Trinajstić information content (AvgIpc) is 2.55. The number of allylic oxidation sites excluding steroid dienone is 1. The zero-order valence-corrected chi connectivity index (χ0v) is 13.0. The van der Waals surface area contributed by atoms with Crippen molar-refractivity contribution in [2.24, 2.45) is 5.92 Å². The molecule has 2 fully saturated rings. The van der Waals surface area contributed by atoms with Crippen LogP contribution >= 0.6 is 0 Å². The summed E-state index contributed by atoms with van der Waals surface area (Å²) in [5, 5.41) is 8.76. The quantitative estimate of drug-likeness (QED) is 0.855. The van der Waals surface area contributed by atoms with E-state index in [1.54, 1.807) is 0 Å². The molecule has 1 saturated heterocycles. The Hall–Kier alpha value is -1.42. The van der Waals surface area contributed by atoms with E-state index < -0.39 is 0 Å². The first-order valence-corrected chi connectivity index (χ1v) is 8.27. The minimum Gasteiger partial charge on any atom is -0.353 e. The van der Waals surface area contributed by atoms with Gasteiger partial charge < -0.3 is 9.80 Å². The zero-order valence-electron chi connectivity index (χ0n) is 13.0. The lowest BCUT2D eigenvalue weighted by atomic mass is 9.89. The van der Waals surface area contributed by atoms with E-state index in [0.717, 1.165) is 43.6 Å². The summed E-state index contributed by atoms with van der Waals surface area (Å²) >= 11 is 0. The second kappa shape index (κ2) is 7.03. The van der Waals surface area contributed by atoms with E-state index in [2.05, 4.69) is 51.3 Å². The van der Waals surface area contributed by atoms with Crippen molar-refractivity contribution >= 4 is 11.9 Å². The Morgan fingerprint density at radius 3 is 2.43 bits per heavy atom. The summed E-state index contributed by atoms with van der Waals surface area (Å²) in [5.41, 5.74) is 0.985. The molecule has 0 N–H and O–H groups in total. The Morgan fingerprint density at radius 2 is 1.76 bits per heavy atom. The van der Waals surface area contributed by atoms with Crippen LogP contribution in [0.2, 0.25) is 0 Å². The summed E-state index contributed by atoms with van der Waals surface area (Å²) in [6.45, 7) is 4.29. The van der Waals surface area contributed by atoms with Gasteiger partial charge in [-0.15, -0.1) is 10.2 Å². The summed E-state index contributed by atoms with van der Waals surface area (Å²) in [5.74, 6) is 1.76. The van der Waals surface area contributed by atoms with Crippen molar-refractivity contribution < 1.29 is 0 Å². The molecule has 114 valence electrons. The van der Waals surface area contributed by atoms with Gasteiger partial charge in [0.2, 0.25) is 0 Å². The zero-order chi connectivity index (χ0) is 14.5. The van der Waals surface area contributed by atoms with Crippen LogP contribution in [-0.2, 0) is 0 Å². The van der Waals surface area contributed by atoms with E-state index in [1.165, 1.54) is 32.1 Å². The lowest BCUT2D eigenvalue weighted by molar-refractivity contribution is 0.312. The van der Waals surface area contributed by atoms with Gasteiger partial charge in [0.1, 0.15) is 0 Å². The van der Waals surface area contributed by atoms with Crippen molar-refractivity contribution in [3.63, 3.8) is 0 Å². The third kappa shape index (κ3) is 4.03. The summed E-state index contributed by atoms with van der Waals surface area (Å²) in [4.78, 5) is 4.67. The maximum absolute atomic E-state index is 4.40. The summed E-state index contributed by atoms with van der Waals surface area (Å²) < 4.78 is 0. The highest BCUT2D eigenvalue weighted by atomic mass is 15.3. The van der Waals surface area contributed by atoms with E-state index in [1.807, 2.05) is 0 Å². The van der Waals surface area contributed by atoms with Gasteiger partial charge in [-0.1, -0.05) is 25.3 Å². The highest BCUT2D eigenvalue weighted by Gasteiger charge is 2.15. The molecule has 1 saturated carbocycles.